The molecular formula is C29H24Cl2O7. The van der Waals surface area contributed by atoms with Gasteiger partial charge in [-0.15, -0.1) is 0 Å². The van der Waals surface area contributed by atoms with Gasteiger partial charge >= 0.3 is 0 Å². The number of phenolic OH excluding ortho intramolecular Hbond substituents is 4. The van der Waals surface area contributed by atoms with Gasteiger partial charge in [0.25, 0.3) is 0 Å². The Bertz CT molecular complexity index is 1710. The van der Waals surface area contributed by atoms with Crippen molar-refractivity contribution in [2.24, 2.45) is 0 Å². The van der Waals surface area contributed by atoms with E-state index in [1.54, 1.807) is 31.2 Å². The number of fused-ring (bicyclic) bond motifs is 3. The number of carbonyl (C=O) groups is 1. The zero-order chi connectivity index (χ0) is 27.8. The molecule has 4 aromatic rings. The summed E-state index contributed by atoms with van der Waals surface area (Å²) in [5.41, 5.74) is 1.09. The van der Waals surface area contributed by atoms with Crippen LogP contribution in [0.3, 0.4) is 0 Å². The normalized spacial score (nSPS) is 13.8. The Hall–Kier alpha value is -3.81. The Balaban J connectivity index is 1.94. The maximum Gasteiger partial charge on any atom is 0.201 e. The van der Waals surface area contributed by atoms with E-state index in [0.29, 0.717) is 33.4 Å². The average molecular weight is 555 g/mol. The molecule has 7 nitrogen and oxygen atoms in total. The van der Waals surface area contributed by atoms with E-state index in [1.165, 1.54) is 14.2 Å². The molecule has 0 radical (unpaired) electrons. The minimum absolute atomic E-state index is 0.0000292. The molecular weight excluding hydrogens is 531 g/mol. The van der Waals surface area contributed by atoms with E-state index in [-0.39, 0.29) is 55.1 Å². The largest absolute Gasteiger partial charge is 0.507 e. The number of hydrogen-bond donors (Lipinski definition) is 4. The number of ether oxygens (including phenoxy) is 2. The number of benzene rings is 4. The first kappa shape index (κ1) is 25.8. The minimum Gasteiger partial charge on any atom is -0.507 e. The van der Waals surface area contributed by atoms with Gasteiger partial charge in [-0.1, -0.05) is 37.0 Å². The van der Waals surface area contributed by atoms with Crippen molar-refractivity contribution in [1.29, 1.82) is 0 Å². The Labute approximate surface area is 228 Å². The van der Waals surface area contributed by atoms with Gasteiger partial charge in [0.1, 0.15) is 39.5 Å². The molecule has 196 valence electrons. The first-order chi connectivity index (χ1) is 17.8. The van der Waals surface area contributed by atoms with Crippen LogP contribution in [0, 0.1) is 6.92 Å². The molecule has 4 aromatic carbocycles. The molecule has 0 saturated heterocycles. The van der Waals surface area contributed by atoms with Gasteiger partial charge < -0.3 is 29.9 Å². The Morgan fingerprint density at radius 2 is 1.39 bits per heavy atom. The fourth-order valence-electron chi connectivity index (χ4n) is 5.39. The molecule has 0 amide bonds. The smallest absolute Gasteiger partial charge is 0.201 e. The predicted octanol–water partition coefficient (Wildman–Crippen LogP) is 6.83. The number of rotatable bonds is 3. The highest BCUT2D eigenvalue weighted by molar-refractivity contribution is 6.35. The highest BCUT2D eigenvalue weighted by Gasteiger charge is 2.42. The first-order valence-electron chi connectivity index (χ1n) is 11.6. The second-order valence-corrected chi connectivity index (χ2v) is 10.5. The van der Waals surface area contributed by atoms with Gasteiger partial charge in [0, 0.05) is 28.0 Å². The van der Waals surface area contributed by atoms with Crippen molar-refractivity contribution < 1.29 is 34.7 Å². The lowest BCUT2D eigenvalue weighted by molar-refractivity contribution is 0.102. The number of hydrogen-bond acceptors (Lipinski definition) is 7. The van der Waals surface area contributed by atoms with Crippen LogP contribution in [0.15, 0.2) is 30.3 Å². The van der Waals surface area contributed by atoms with Crippen LogP contribution in [-0.4, -0.2) is 40.4 Å². The summed E-state index contributed by atoms with van der Waals surface area (Å²) >= 11 is 12.6. The highest BCUT2D eigenvalue weighted by atomic mass is 35.5. The Morgan fingerprint density at radius 3 is 2.03 bits per heavy atom. The number of aromatic hydroxyl groups is 4. The van der Waals surface area contributed by atoms with Gasteiger partial charge in [0.05, 0.1) is 30.4 Å². The molecule has 0 aromatic heterocycles. The molecule has 0 heterocycles. The third kappa shape index (κ3) is 3.38. The molecule has 1 aliphatic rings. The van der Waals surface area contributed by atoms with Gasteiger partial charge in [-0.25, -0.2) is 0 Å². The zero-order valence-electron chi connectivity index (χ0n) is 21.2. The van der Waals surface area contributed by atoms with Crippen LogP contribution < -0.4 is 9.47 Å². The predicted molar refractivity (Wildman–Crippen MR) is 146 cm³/mol. The molecule has 9 heteroatoms. The third-order valence-electron chi connectivity index (χ3n) is 7.38. The molecule has 0 saturated carbocycles. The van der Waals surface area contributed by atoms with Crippen LogP contribution in [0.4, 0.5) is 0 Å². The molecule has 0 bridgehead atoms. The van der Waals surface area contributed by atoms with E-state index < -0.39 is 16.9 Å². The highest BCUT2D eigenvalue weighted by Crippen LogP contribution is 2.54. The van der Waals surface area contributed by atoms with Crippen LogP contribution in [0.1, 0.15) is 46.5 Å². The van der Waals surface area contributed by atoms with E-state index >= 15 is 0 Å². The van der Waals surface area contributed by atoms with Gasteiger partial charge in [0.2, 0.25) is 5.78 Å². The maximum atomic E-state index is 13.9. The second kappa shape index (κ2) is 8.61. The van der Waals surface area contributed by atoms with Crippen molar-refractivity contribution >= 4 is 39.8 Å². The first-order valence-corrected chi connectivity index (χ1v) is 12.3. The summed E-state index contributed by atoms with van der Waals surface area (Å²) in [4.78, 5) is 13.9. The molecule has 0 fully saturated rings. The summed E-state index contributed by atoms with van der Waals surface area (Å²) in [6.45, 7) is 5.35. The summed E-state index contributed by atoms with van der Waals surface area (Å²) in [6.07, 6.45) is 0. The number of phenols is 4. The molecule has 1 aliphatic carbocycles. The van der Waals surface area contributed by atoms with Crippen molar-refractivity contribution in [3.05, 3.63) is 68.2 Å². The molecule has 0 unspecified atom stereocenters. The second-order valence-electron chi connectivity index (χ2n) is 9.77. The van der Waals surface area contributed by atoms with Gasteiger partial charge in [-0.05, 0) is 53.3 Å². The van der Waals surface area contributed by atoms with Crippen molar-refractivity contribution in [2.75, 3.05) is 14.2 Å². The molecule has 0 spiro atoms. The standard InChI is InChI=1S/C29H24Cl2O7/c1-11-20(17(32)10-18(33)24(11)30)14-8-13(37-4)6-12-7-15-22(26(34)21(12)14)27(35)23-16(29(15,2)3)9-19(38-5)25(31)28(23)36/h6-10,32-34,36H,1-5H3. The summed E-state index contributed by atoms with van der Waals surface area (Å²) in [5, 5.41) is 44.3. The molecule has 0 atom stereocenters. The van der Waals surface area contributed by atoms with Gasteiger partial charge in [-0.3, -0.25) is 4.79 Å². The Kier molecular flexibility index (Phi) is 5.85. The average Bonchev–Trinajstić information content (AvgIpc) is 2.87. The van der Waals surface area contributed by atoms with Crippen LogP contribution >= 0.6 is 23.2 Å². The fraction of sp³-hybridized carbons (Fsp3) is 0.207. The zero-order valence-corrected chi connectivity index (χ0v) is 22.7. The number of methoxy groups -OCH3 is 2. The van der Waals surface area contributed by atoms with Crippen molar-refractivity contribution in [2.45, 2.75) is 26.2 Å². The fourth-order valence-corrected chi connectivity index (χ4v) is 5.77. The Morgan fingerprint density at radius 1 is 0.763 bits per heavy atom. The molecule has 4 N–H and O–H groups in total. The topological polar surface area (TPSA) is 116 Å². The van der Waals surface area contributed by atoms with Gasteiger partial charge in [0.15, 0.2) is 0 Å². The molecule has 0 aliphatic heterocycles. The minimum atomic E-state index is -0.858. The van der Waals surface area contributed by atoms with Crippen molar-refractivity contribution in [3.63, 3.8) is 0 Å². The van der Waals surface area contributed by atoms with Crippen LogP contribution in [0.25, 0.3) is 21.9 Å². The van der Waals surface area contributed by atoms with E-state index in [2.05, 4.69) is 0 Å². The third-order valence-corrected chi connectivity index (χ3v) is 8.22. The molecule has 38 heavy (non-hydrogen) atoms. The summed E-state index contributed by atoms with van der Waals surface area (Å²) < 4.78 is 10.8. The van der Waals surface area contributed by atoms with Crippen LogP contribution in [0.2, 0.25) is 10.0 Å². The number of ketones is 1. The van der Waals surface area contributed by atoms with E-state index in [1.807, 2.05) is 13.8 Å². The van der Waals surface area contributed by atoms with Gasteiger partial charge in [-0.2, -0.15) is 0 Å². The number of halogens is 2. The quantitative estimate of drug-likeness (QED) is 0.219. The summed E-state index contributed by atoms with van der Waals surface area (Å²) in [5.74, 6) is -1.30. The van der Waals surface area contributed by atoms with Crippen LogP contribution in [-0.2, 0) is 5.41 Å². The lowest BCUT2D eigenvalue weighted by atomic mass is 9.67. The number of carbonyl (C=O) groups excluding carboxylic acids is 1. The van der Waals surface area contributed by atoms with Crippen molar-refractivity contribution in [3.8, 4) is 45.6 Å². The summed E-state index contributed by atoms with van der Waals surface area (Å²) in [7, 11) is 2.90. The molecule has 5 rings (SSSR count). The van der Waals surface area contributed by atoms with E-state index in [0.717, 1.165) is 6.07 Å². The lowest BCUT2D eigenvalue weighted by Crippen LogP contribution is -2.31. The lowest BCUT2D eigenvalue weighted by Gasteiger charge is -2.36. The monoisotopic (exact) mass is 554 g/mol. The van der Waals surface area contributed by atoms with E-state index in [9.17, 15) is 25.2 Å². The van der Waals surface area contributed by atoms with E-state index in [4.69, 9.17) is 32.7 Å². The van der Waals surface area contributed by atoms with Crippen molar-refractivity contribution in [1.82, 2.24) is 0 Å². The SMILES string of the molecule is COc1cc(-c2c(O)cc(O)c(Cl)c2C)c2c(O)c3c(cc2c1)C(C)(C)c1cc(OC)c(Cl)c(O)c1C3=O. The summed E-state index contributed by atoms with van der Waals surface area (Å²) in [6, 6.07) is 7.84. The van der Waals surface area contributed by atoms with Crippen LogP contribution in [0.5, 0.6) is 34.5 Å². The maximum absolute atomic E-state index is 13.9.